The van der Waals surface area contributed by atoms with Gasteiger partial charge in [0.1, 0.15) is 5.75 Å². The van der Waals surface area contributed by atoms with Gasteiger partial charge in [0, 0.05) is 15.1 Å². The number of hydrogen-bond donors (Lipinski definition) is 2. The summed E-state index contributed by atoms with van der Waals surface area (Å²) in [4.78, 5) is 0. The van der Waals surface area contributed by atoms with Crippen LogP contribution in [0.3, 0.4) is 0 Å². The third-order valence-electron chi connectivity index (χ3n) is 3.03. The van der Waals surface area contributed by atoms with Crippen molar-refractivity contribution in [3.63, 3.8) is 0 Å². The van der Waals surface area contributed by atoms with E-state index in [1.807, 2.05) is 19.1 Å². The molecule has 0 heterocycles. The summed E-state index contributed by atoms with van der Waals surface area (Å²) in [6, 6.07) is 10.7. The summed E-state index contributed by atoms with van der Waals surface area (Å²) in [6.45, 7) is 2.04. The average molecular weight is 375 g/mol. The first-order chi connectivity index (χ1) is 9.51. The summed E-state index contributed by atoms with van der Waals surface area (Å²) in [5.41, 5.74) is 1.62. The minimum Gasteiger partial charge on any atom is -0.508 e. The fourth-order valence-electron chi connectivity index (χ4n) is 2.00. The highest BCUT2D eigenvalue weighted by Crippen LogP contribution is 2.34. The van der Waals surface area contributed by atoms with Crippen LogP contribution in [0, 0.1) is 0 Å². The molecule has 1 unspecified atom stereocenters. The van der Waals surface area contributed by atoms with Gasteiger partial charge in [-0.3, -0.25) is 0 Å². The Hall–Kier alpha value is -0.900. The van der Waals surface area contributed by atoms with Crippen LogP contribution in [0.1, 0.15) is 24.9 Å². The molecule has 2 rings (SSSR count). The molecule has 0 fully saturated rings. The van der Waals surface area contributed by atoms with Gasteiger partial charge in [-0.2, -0.15) is 0 Å². The Kier molecular flexibility index (Phi) is 5.19. The molecule has 1 atom stereocenters. The Bertz CT molecular complexity index is 619. The van der Waals surface area contributed by atoms with Crippen LogP contribution < -0.4 is 5.32 Å². The number of nitrogens with one attached hydrogen (secondary N) is 1. The van der Waals surface area contributed by atoms with E-state index in [0.29, 0.717) is 10.0 Å². The Morgan fingerprint density at radius 2 is 1.95 bits per heavy atom. The number of aromatic hydroxyl groups is 1. The highest BCUT2D eigenvalue weighted by atomic mass is 79.9. The molecule has 0 saturated carbocycles. The molecule has 2 aromatic rings. The van der Waals surface area contributed by atoms with Gasteiger partial charge in [-0.15, -0.1) is 0 Å². The lowest BCUT2D eigenvalue weighted by atomic mass is 10.0. The molecular weight excluding hydrogens is 361 g/mol. The van der Waals surface area contributed by atoms with Crippen LogP contribution in [0.25, 0.3) is 0 Å². The predicted octanol–water partition coefficient (Wildman–Crippen LogP) is 6.02. The van der Waals surface area contributed by atoms with Crippen molar-refractivity contribution >= 4 is 44.8 Å². The normalized spacial score (nSPS) is 12.2. The largest absolute Gasteiger partial charge is 0.508 e. The van der Waals surface area contributed by atoms with E-state index in [0.717, 1.165) is 22.1 Å². The lowest BCUT2D eigenvalue weighted by Crippen LogP contribution is -2.10. The third kappa shape index (κ3) is 3.60. The zero-order valence-electron chi connectivity index (χ0n) is 10.8. The third-order valence-corrected chi connectivity index (χ3v) is 4.08. The van der Waals surface area contributed by atoms with E-state index in [1.165, 1.54) is 0 Å². The van der Waals surface area contributed by atoms with Crippen molar-refractivity contribution in [2.75, 3.05) is 5.32 Å². The van der Waals surface area contributed by atoms with Gasteiger partial charge in [0.25, 0.3) is 0 Å². The van der Waals surface area contributed by atoms with Crippen LogP contribution in [0.4, 0.5) is 5.69 Å². The fourth-order valence-corrected chi connectivity index (χ4v) is 2.84. The first kappa shape index (κ1) is 15.5. The molecule has 2 nitrogen and oxygen atoms in total. The molecule has 106 valence electrons. The van der Waals surface area contributed by atoms with Gasteiger partial charge < -0.3 is 10.4 Å². The summed E-state index contributed by atoms with van der Waals surface area (Å²) in [6.07, 6.45) is 0.809. The number of hydrogen-bond acceptors (Lipinski definition) is 2. The number of rotatable bonds is 4. The molecule has 20 heavy (non-hydrogen) atoms. The molecular formula is C15H14BrCl2NO. The maximum Gasteiger partial charge on any atom is 0.120 e. The number of benzene rings is 2. The lowest BCUT2D eigenvalue weighted by molar-refractivity contribution is 0.462. The van der Waals surface area contributed by atoms with Gasteiger partial charge in [0.05, 0.1) is 16.8 Å². The smallest absolute Gasteiger partial charge is 0.120 e. The second-order valence-corrected chi connectivity index (χ2v) is 6.19. The number of phenolic OH excluding ortho intramolecular Hbond substituents is 1. The van der Waals surface area contributed by atoms with E-state index in [9.17, 15) is 5.11 Å². The van der Waals surface area contributed by atoms with Crippen molar-refractivity contribution < 1.29 is 5.11 Å². The highest BCUT2D eigenvalue weighted by Gasteiger charge is 2.15. The summed E-state index contributed by atoms with van der Waals surface area (Å²) in [5, 5.41) is 14.5. The summed E-state index contributed by atoms with van der Waals surface area (Å²) < 4.78 is 0.924. The average Bonchev–Trinajstić information content (AvgIpc) is 2.41. The van der Waals surface area contributed by atoms with E-state index >= 15 is 0 Å². The number of anilines is 1. The Morgan fingerprint density at radius 1 is 1.20 bits per heavy atom. The minimum atomic E-state index is -0.0359. The molecule has 0 aliphatic heterocycles. The van der Waals surface area contributed by atoms with Crippen LogP contribution in [0.15, 0.2) is 40.9 Å². The minimum absolute atomic E-state index is 0.0359. The summed E-state index contributed by atoms with van der Waals surface area (Å²) in [7, 11) is 0. The van der Waals surface area contributed by atoms with Gasteiger partial charge in [-0.25, -0.2) is 0 Å². The van der Waals surface area contributed by atoms with Crippen molar-refractivity contribution in [1.82, 2.24) is 0 Å². The molecule has 0 spiro atoms. The number of halogens is 3. The van der Waals surface area contributed by atoms with Gasteiger partial charge in [-0.1, -0.05) is 46.1 Å². The van der Waals surface area contributed by atoms with Crippen molar-refractivity contribution in [3.05, 3.63) is 56.5 Å². The molecule has 2 aromatic carbocycles. The van der Waals surface area contributed by atoms with Crippen LogP contribution >= 0.6 is 39.1 Å². The maximum atomic E-state index is 10.0. The lowest BCUT2D eigenvalue weighted by Gasteiger charge is -2.21. The Morgan fingerprint density at radius 3 is 2.60 bits per heavy atom. The van der Waals surface area contributed by atoms with Gasteiger partial charge in [-0.05, 0) is 42.8 Å². The molecule has 0 aromatic heterocycles. The van der Waals surface area contributed by atoms with E-state index < -0.39 is 0 Å². The highest BCUT2D eigenvalue weighted by molar-refractivity contribution is 9.10. The van der Waals surface area contributed by atoms with Gasteiger partial charge in [0.15, 0.2) is 0 Å². The first-order valence-corrected chi connectivity index (χ1v) is 7.76. The molecule has 2 N–H and O–H groups in total. The van der Waals surface area contributed by atoms with Crippen molar-refractivity contribution in [1.29, 1.82) is 0 Å². The maximum absolute atomic E-state index is 10.0. The van der Waals surface area contributed by atoms with Crippen molar-refractivity contribution in [3.8, 4) is 5.75 Å². The molecule has 0 saturated heterocycles. The first-order valence-electron chi connectivity index (χ1n) is 6.21. The second kappa shape index (κ2) is 6.70. The Balaban J connectivity index is 2.31. The summed E-state index contributed by atoms with van der Waals surface area (Å²) >= 11 is 15.5. The van der Waals surface area contributed by atoms with Gasteiger partial charge >= 0.3 is 0 Å². The van der Waals surface area contributed by atoms with Crippen molar-refractivity contribution in [2.24, 2.45) is 0 Å². The van der Waals surface area contributed by atoms with E-state index in [-0.39, 0.29) is 11.8 Å². The SMILES string of the molecule is CCC(Nc1ccc(Cl)cc1Cl)c1cc(Br)ccc1O. The quantitative estimate of drug-likeness (QED) is 0.685. The van der Waals surface area contributed by atoms with E-state index in [4.69, 9.17) is 23.2 Å². The molecule has 0 aliphatic rings. The second-order valence-electron chi connectivity index (χ2n) is 4.43. The monoisotopic (exact) mass is 373 g/mol. The zero-order chi connectivity index (χ0) is 14.7. The van der Waals surface area contributed by atoms with Crippen LogP contribution in [-0.2, 0) is 0 Å². The zero-order valence-corrected chi connectivity index (χ0v) is 13.9. The molecule has 5 heteroatoms. The van der Waals surface area contributed by atoms with Gasteiger partial charge in [0.2, 0.25) is 0 Å². The number of phenols is 1. The summed E-state index contributed by atoms with van der Waals surface area (Å²) in [5.74, 6) is 0.262. The molecule has 0 amide bonds. The van der Waals surface area contributed by atoms with Crippen LogP contribution in [0.5, 0.6) is 5.75 Å². The Labute approximate surface area is 136 Å². The topological polar surface area (TPSA) is 32.3 Å². The standard InChI is InChI=1S/C15H14BrCl2NO/c1-2-13(11-7-9(16)3-6-15(11)20)19-14-5-4-10(17)8-12(14)18/h3-8,13,19-20H,2H2,1H3. The molecule has 0 radical (unpaired) electrons. The van der Waals surface area contributed by atoms with E-state index in [2.05, 4.69) is 21.2 Å². The molecule has 0 aliphatic carbocycles. The van der Waals surface area contributed by atoms with E-state index in [1.54, 1.807) is 24.3 Å². The van der Waals surface area contributed by atoms with Crippen LogP contribution in [0.2, 0.25) is 10.0 Å². The molecule has 0 bridgehead atoms. The van der Waals surface area contributed by atoms with Crippen LogP contribution in [-0.4, -0.2) is 5.11 Å². The fraction of sp³-hybridized carbons (Fsp3) is 0.200. The van der Waals surface area contributed by atoms with Crippen molar-refractivity contribution in [2.45, 2.75) is 19.4 Å². The predicted molar refractivity (Wildman–Crippen MR) is 88.9 cm³/mol.